The summed E-state index contributed by atoms with van der Waals surface area (Å²) in [5.74, 6) is 0.724. The van der Waals surface area contributed by atoms with Crippen LogP contribution in [0.3, 0.4) is 0 Å². The number of carbonyl (C=O) groups excluding carboxylic acids is 1. The normalized spacial score (nSPS) is 18.6. The molecule has 3 rings (SSSR count). The molecule has 1 fully saturated rings. The number of aryl methyl sites for hydroxylation is 1. The molecule has 1 aliphatic heterocycles. The van der Waals surface area contributed by atoms with E-state index in [1.54, 1.807) is 11.8 Å². The topological polar surface area (TPSA) is 95.1 Å². The minimum atomic E-state index is 0.0442. The van der Waals surface area contributed by atoms with Crippen LogP contribution in [0.4, 0.5) is 5.69 Å². The number of fused-ring (bicyclic) bond motifs is 1. The molecule has 20 heavy (non-hydrogen) atoms. The number of benzene rings is 1. The standard InChI is InChI=1S/C13H13N5O2/c1-8-16-11-5-10(2-3-12(11)20-8)18-7-9(4-13(18)19)6-15-17-14/h2-3,5,9H,4,6-7H2,1H3. The molecule has 1 saturated heterocycles. The molecule has 0 aliphatic carbocycles. The molecule has 0 N–H and O–H groups in total. The van der Waals surface area contributed by atoms with Crippen LogP contribution in [0, 0.1) is 12.8 Å². The second-order valence-electron chi connectivity index (χ2n) is 4.87. The van der Waals surface area contributed by atoms with Crippen LogP contribution < -0.4 is 4.90 Å². The largest absolute Gasteiger partial charge is 0.441 e. The third-order valence-electron chi connectivity index (χ3n) is 3.40. The maximum absolute atomic E-state index is 12.0. The third-order valence-corrected chi connectivity index (χ3v) is 3.40. The molecule has 0 bridgehead atoms. The number of amides is 1. The van der Waals surface area contributed by atoms with E-state index < -0.39 is 0 Å². The van der Waals surface area contributed by atoms with Crippen LogP contribution in [0.5, 0.6) is 0 Å². The highest BCUT2D eigenvalue weighted by molar-refractivity contribution is 5.97. The molecule has 0 saturated carbocycles. The molecular weight excluding hydrogens is 258 g/mol. The van der Waals surface area contributed by atoms with E-state index in [0.717, 1.165) is 11.2 Å². The molecule has 7 nitrogen and oxygen atoms in total. The van der Waals surface area contributed by atoms with E-state index >= 15 is 0 Å². The summed E-state index contributed by atoms with van der Waals surface area (Å²) in [5, 5.41) is 3.54. The summed E-state index contributed by atoms with van der Waals surface area (Å²) >= 11 is 0. The van der Waals surface area contributed by atoms with E-state index in [-0.39, 0.29) is 11.8 Å². The van der Waals surface area contributed by atoms with Gasteiger partial charge in [0.15, 0.2) is 11.5 Å². The smallest absolute Gasteiger partial charge is 0.227 e. The van der Waals surface area contributed by atoms with Crippen molar-refractivity contribution in [2.24, 2.45) is 11.0 Å². The second kappa shape index (κ2) is 4.86. The Morgan fingerprint density at radius 3 is 3.25 bits per heavy atom. The monoisotopic (exact) mass is 271 g/mol. The van der Waals surface area contributed by atoms with Gasteiger partial charge in [-0.05, 0) is 29.6 Å². The number of oxazole rings is 1. The van der Waals surface area contributed by atoms with E-state index in [1.807, 2.05) is 18.2 Å². The summed E-state index contributed by atoms with van der Waals surface area (Å²) in [5.41, 5.74) is 10.6. The lowest BCUT2D eigenvalue weighted by Gasteiger charge is -2.16. The van der Waals surface area contributed by atoms with Crippen molar-refractivity contribution in [2.45, 2.75) is 13.3 Å². The van der Waals surface area contributed by atoms with Crippen LogP contribution in [0.2, 0.25) is 0 Å². The van der Waals surface area contributed by atoms with Crippen molar-refractivity contribution >= 4 is 22.7 Å². The maximum Gasteiger partial charge on any atom is 0.227 e. The van der Waals surface area contributed by atoms with Crippen molar-refractivity contribution in [1.29, 1.82) is 0 Å². The zero-order valence-electron chi connectivity index (χ0n) is 11.0. The number of hydrogen-bond donors (Lipinski definition) is 0. The predicted molar refractivity (Wildman–Crippen MR) is 73.2 cm³/mol. The summed E-state index contributed by atoms with van der Waals surface area (Å²) in [6.07, 6.45) is 0.412. The fourth-order valence-electron chi connectivity index (χ4n) is 2.50. The first kappa shape index (κ1) is 12.5. The molecule has 1 atom stereocenters. The van der Waals surface area contributed by atoms with Crippen LogP contribution in [-0.4, -0.2) is 24.0 Å². The minimum absolute atomic E-state index is 0.0442. The van der Waals surface area contributed by atoms with Crippen molar-refractivity contribution in [3.63, 3.8) is 0 Å². The highest BCUT2D eigenvalue weighted by Gasteiger charge is 2.30. The van der Waals surface area contributed by atoms with E-state index in [2.05, 4.69) is 15.0 Å². The molecule has 7 heteroatoms. The van der Waals surface area contributed by atoms with Crippen molar-refractivity contribution in [3.05, 3.63) is 34.5 Å². The van der Waals surface area contributed by atoms with Gasteiger partial charge in [0.2, 0.25) is 5.91 Å². The van der Waals surface area contributed by atoms with Crippen molar-refractivity contribution in [2.75, 3.05) is 18.0 Å². The zero-order valence-corrected chi connectivity index (χ0v) is 11.0. The Morgan fingerprint density at radius 1 is 1.60 bits per heavy atom. The summed E-state index contributed by atoms with van der Waals surface area (Å²) < 4.78 is 5.42. The van der Waals surface area contributed by atoms with Crippen molar-refractivity contribution in [3.8, 4) is 0 Å². The lowest BCUT2D eigenvalue weighted by atomic mass is 10.1. The van der Waals surface area contributed by atoms with E-state index in [0.29, 0.717) is 31.0 Å². The molecule has 1 amide bonds. The number of azide groups is 1. The summed E-state index contributed by atoms with van der Waals surface area (Å²) in [4.78, 5) is 20.8. The second-order valence-corrected chi connectivity index (χ2v) is 4.87. The van der Waals surface area contributed by atoms with Crippen LogP contribution in [0.1, 0.15) is 12.3 Å². The van der Waals surface area contributed by atoms with Gasteiger partial charge in [0.05, 0.1) is 0 Å². The fraction of sp³-hybridized carbons (Fsp3) is 0.385. The van der Waals surface area contributed by atoms with Crippen LogP contribution >= 0.6 is 0 Å². The van der Waals surface area contributed by atoms with Gasteiger partial charge in [0, 0.05) is 37.0 Å². The molecule has 2 heterocycles. The molecule has 1 aromatic carbocycles. The predicted octanol–water partition coefficient (Wildman–Crippen LogP) is 2.80. The first-order valence-electron chi connectivity index (χ1n) is 6.36. The van der Waals surface area contributed by atoms with Gasteiger partial charge in [-0.2, -0.15) is 0 Å². The first-order chi connectivity index (χ1) is 9.67. The van der Waals surface area contributed by atoms with E-state index in [9.17, 15) is 4.79 Å². The van der Waals surface area contributed by atoms with Gasteiger partial charge in [0.1, 0.15) is 5.52 Å². The van der Waals surface area contributed by atoms with Gasteiger partial charge in [-0.3, -0.25) is 4.79 Å². The number of aromatic nitrogens is 1. The highest BCUT2D eigenvalue weighted by Crippen LogP contribution is 2.28. The molecule has 102 valence electrons. The fourth-order valence-corrected chi connectivity index (χ4v) is 2.50. The maximum atomic E-state index is 12.0. The van der Waals surface area contributed by atoms with E-state index in [1.165, 1.54) is 0 Å². The van der Waals surface area contributed by atoms with Gasteiger partial charge in [-0.1, -0.05) is 5.11 Å². The average molecular weight is 271 g/mol. The lowest BCUT2D eigenvalue weighted by Crippen LogP contribution is -2.24. The Bertz CT molecular complexity index is 717. The first-order valence-corrected chi connectivity index (χ1v) is 6.36. The number of hydrogen-bond acceptors (Lipinski definition) is 4. The minimum Gasteiger partial charge on any atom is -0.441 e. The molecule has 1 aliphatic rings. The number of rotatable bonds is 3. The zero-order chi connectivity index (χ0) is 14.1. The Morgan fingerprint density at radius 2 is 2.45 bits per heavy atom. The Kier molecular flexibility index (Phi) is 3.04. The number of anilines is 1. The van der Waals surface area contributed by atoms with Crippen LogP contribution in [0.25, 0.3) is 21.5 Å². The van der Waals surface area contributed by atoms with Crippen LogP contribution in [0.15, 0.2) is 27.7 Å². The SMILES string of the molecule is Cc1nc2cc(N3CC(CN=[N+]=[N-])CC3=O)ccc2o1. The number of nitrogens with zero attached hydrogens (tertiary/aromatic N) is 5. The van der Waals surface area contributed by atoms with Crippen molar-refractivity contribution < 1.29 is 9.21 Å². The third kappa shape index (κ3) is 2.19. The van der Waals surface area contributed by atoms with Gasteiger partial charge in [-0.25, -0.2) is 4.98 Å². The van der Waals surface area contributed by atoms with Gasteiger partial charge in [-0.15, -0.1) is 0 Å². The lowest BCUT2D eigenvalue weighted by molar-refractivity contribution is -0.117. The molecule has 0 spiro atoms. The summed E-state index contributed by atoms with van der Waals surface area (Å²) in [6.45, 7) is 2.71. The molecule has 1 aromatic heterocycles. The van der Waals surface area contributed by atoms with Crippen LogP contribution in [-0.2, 0) is 4.79 Å². The Labute approximate surface area is 114 Å². The molecule has 0 radical (unpaired) electrons. The van der Waals surface area contributed by atoms with E-state index in [4.69, 9.17) is 9.95 Å². The van der Waals surface area contributed by atoms with Crippen molar-refractivity contribution in [1.82, 2.24) is 4.98 Å². The summed E-state index contributed by atoms with van der Waals surface area (Å²) in [6, 6.07) is 5.51. The highest BCUT2D eigenvalue weighted by atomic mass is 16.3. The molecule has 2 aromatic rings. The average Bonchev–Trinajstić information content (AvgIpc) is 2.97. The summed E-state index contributed by atoms with van der Waals surface area (Å²) in [7, 11) is 0. The van der Waals surface area contributed by atoms with Gasteiger partial charge >= 0.3 is 0 Å². The van der Waals surface area contributed by atoms with Gasteiger partial charge < -0.3 is 9.32 Å². The van der Waals surface area contributed by atoms with Gasteiger partial charge in [0.25, 0.3) is 0 Å². The Balaban J connectivity index is 1.86. The quantitative estimate of drug-likeness (QED) is 0.487. The number of carbonyl (C=O) groups is 1. The molecule has 1 unspecified atom stereocenters. The Hall–Kier alpha value is -2.53. The molecular formula is C13H13N5O2.